The summed E-state index contributed by atoms with van der Waals surface area (Å²) in [6.07, 6.45) is 93.3. The molecule has 1 saturated carbocycles. The normalized spacial score (nSPS) is 19.1. The Labute approximate surface area is 615 Å². The maximum Gasteiger partial charge on any atom is -0.00391 e. The number of hydrogen-bond donors (Lipinski definition) is 0. The molecule has 0 heterocycles. The van der Waals surface area contributed by atoms with Crippen molar-refractivity contribution in [2.75, 3.05) is 0 Å². The van der Waals surface area contributed by atoms with Crippen molar-refractivity contribution >= 4 is 0 Å². The summed E-state index contributed by atoms with van der Waals surface area (Å²) >= 11 is 0. The number of unbranched alkanes of at least 4 members (excludes halogenated alkanes) is 41. The maximum atomic E-state index is 2.87. The van der Waals surface area contributed by atoms with Gasteiger partial charge in [-0.3, -0.25) is 0 Å². The predicted molar refractivity (Wildman–Crippen MR) is 442 cm³/mol. The van der Waals surface area contributed by atoms with Gasteiger partial charge in [0.15, 0.2) is 0 Å². The average Bonchev–Trinajstić information content (AvgIpc) is 0.734. The fraction of sp³-hybridized carbons (Fsp3) is 0.938. The van der Waals surface area contributed by atoms with Gasteiger partial charge in [0.25, 0.3) is 0 Å². The van der Waals surface area contributed by atoms with Crippen molar-refractivity contribution in [2.24, 2.45) is 44.3 Å². The van der Waals surface area contributed by atoms with Crippen LogP contribution in [0.2, 0.25) is 0 Å². The minimum absolute atomic E-state index is 0.372. The number of hydrogen-bond acceptors (Lipinski definition) is 0. The standard InChI is InChI=1S/C97H184/c1-17-22-27-31-35-38-40-41-44-50-55-62-75-95(14,84-96(15,76-63-56-49-43-39-36-32-28-23-18-2)81-80-94(13,74-61-54-48-37-33-29-24-19-3)83-92(9,10)72-60-52-34-30-25-20-4)79-78-91(7,8)71-59-53-47-45-42-46-51-58-66-86(65-57-26-21-5)85(6)87-67-69-89-88(82-87)68-70-90-93(11,12)73-64-77-97(89,90)16/h67,69,82,85-86,90H,17-66,68,70-81,83-84H2,1-16H3/t85?,86?,90?,94-,95-,96+,97?/m0/s1. The lowest BCUT2D eigenvalue weighted by Crippen LogP contribution is -2.47. The topological polar surface area (TPSA) is 0 Å². The molecule has 1 fully saturated rings. The third kappa shape index (κ3) is 39.8. The van der Waals surface area contributed by atoms with E-state index >= 15 is 0 Å². The first-order valence-corrected chi connectivity index (χ1v) is 45.7. The first kappa shape index (κ1) is 90.4. The smallest absolute Gasteiger partial charge is 0.00391 e. The van der Waals surface area contributed by atoms with E-state index < -0.39 is 0 Å². The summed E-state index contributed by atoms with van der Waals surface area (Å²) in [7, 11) is 0. The van der Waals surface area contributed by atoms with Crippen LogP contribution in [0, 0.1) is 44.3 Å². The second kappa shape index (κ2) is 52.2. The van der Waals surface area contributed by atoms with Crippen molar-refractivity contribution in [1.82, 2.24) is 0 Å². The van der Waals surface area contributed by atoms with Gasteiger partial charge in [-0.1, -0.05) is 437 Å². The molecule has 0 radical (unpaired) electrons. The van der Waals surface area contributed by atoms with Crippen LogP contribution in [0.4, 0.5) is 0 Å². The molecule has 0 spiro atoms. The molecule has 4 unspecified atom stereocenters. The molecule has 1 aromatic carbocycles. The van der Waals surface area contributed by atoms with Crippen molar-refractivity contribution < 1.29 is 0 Å². The van der Waals surface area contributed by atoms with Crippen LogP contribution in [0.3, 0.4) is 0 Å². The third-order valence-corrected chi connectivity index (χ3v) is 27.4. The molecule has 0 heteroatoms. The molecule has 2 aliphatic rings. The lowest BCUT2D eigenvalue weighted by molar-refractivity contribution is 0.0407. The summed E-state index contributed by atoms with van der Waals surface area (Å²) in [5.41, 5.74) is 8.09. The van der Waals surface area contributed by atoms with E-state index in [1.165, 1.54) is 417 Å². The summed E-state index contributed by atoms with van der Waals surface area (Å²) in [5.74, 6) is 2.34. The molecule has 0 aliphatic heterocycles. The van der Waals surface area contributed by atoms with Crippen molar-refractivity contribution in [2.45, 2.75) is 539 Å². The van der Waals surface area contributed by atoms with Gasteiger partial charge in [0.2, 0.25) is 0 Å². The Morgan fingerprint density at radius 1 is 0.351 bits per heavy atom. The Morgan fingerprint density at radius 3 is 1.07 bits per heavy atom. The fourth-order valence-electron chi connectivity index (χ4n) is 20.8. The van der Waals surface area contributed by atoms with Gasteiger partial charge in [-0.05, 0) is 182 Å². The molecular weight excluding hydrogens is 1170 g/mol. The van der Waals surface area contributed by atoms with Crippen molar-refractivity contribution in [3.05, 3.63) is 34.9 Å². The van der Waals surface area contributed by atoms with Gasteiger partial charge >= 0.3 is 0 Å². The monoisotopic (exact) mass is 1350 g/mol. The molecule has 7 atom stereocenters. The highest BCUT2D eigenvalue weighted by molar-refractivity contribution is 5.42. The molecule has 0 nitrogen and oxygen atoms in total. The largest absolute Gasteiger partial charge is 0.0654 e. The lowest BCUT2D eigenvalue weighted by Gasteiger charge is -2.54. The quantitative estimate of drug-likeness (QED) is 0.0570. The van der Waals surface area contributed by atoms with E-state index in [4.69, 9.17) is 0 Å². The molecule has 1 aromatic rings. The zero-order valence-corrected chi connectivity index (χ0v) is 70.4. The number of fused-ring (bicyclic) bond motifs is 3. The maximum absolute atomic E-state index is 2.87. The van der Waals surface area contributed by atoms with E-state index in [2.05, 4.69) is 129 Å². The van der Waals surface area contributed by atoms with E-state index in [-0.39, 0.29) is 0 Å². The number of rotatable bonds is 67. The molecule has 0 bridgehead atoms. The molecular formula is C97H184. The average molecular weight is 1350 g/mol. The summed E-state index contributed by atoms with van der Waals surface area (Å²) in [4.78, 5) is 0. The van der Waals surface area contributed by atoms with Gasteiger partial charge < -0.3 is 0 Å². The number of aryl methyl sites for hydroxylation is 1. The van der Waals surface area contributed by atoms with Gasteiger partial charge in [-0.2, -0.15) is 0 Å². The van der Waals surface area contributed by atoms with E-state index in [9.17, 15) is 0 Å². The van der Waals surface area contributed by atoms with E-state index in [1.807, 2.05) is 0 Å². The summed E-state index contributed by atoms with van der Waals surface area (Å²) < 4.78 is 0. The van der Waals surface area contributed by atoms with Gasteiger partial charge in [0, 0.05) is 0 Å². The third-order valence-electron chi connectivity index (χ3n) is 27.4. The molecule has 572 valence electrons. The molecule has 0 saturated heterocycles. The first-order valence-electron chi connectivity index (χ1n) is 45.7. The van der Waals surface area contributed by atoms with Crippen LogP contribution in [0.5, 0.6) is 0 Å². The zero-order valence-electron chi connectivity index (χ0n) is 70.4. The Kier molecular flexibility index (Phi) is 48.7. The molecule has 0 aromatic heterocycles. The minimum atomic E-state index is 0.372. The van der Waals surface area contributed by atoms with Crippen LogP contribution in [-0.4, -0.2) is 0 Å². The van der Waals surface area contributed by atoms with Gasteiger partial charge in [-0.15, -0.1) is 0 Å². The second-order valence-corrected chi connectivity index (χ2v) is 39.1. The van der Waals surface area contributed by atoms with Gasteiger partial charge in [0.1, 0.15) is 0 Å². The Bertz CT molecular complexity index is 1980. The Balaban J connectivity index is 1.68. The second-order valence-electron chi connectivity index (χ2n) is 39.1. The van der Waals surface area contributed by atoms with Crippen LogP contribution in [0.25, 0.3) is 0 Å². The van der Waals surface area contributed by atoms with Crippen LogP contribution in [0.15, 0.2) is 18.2 Å². The Hall–Kier alpha value is -0.780. The predicted octanol–water partition coefficient (Wildman–Crippen LogP) is 35.0. The lowest BCUT2D eigenvalue weighted by atomic mass is 9.50. The zero-order chi connectivity index (χ0) is 71.0. The van der Waals surface area contributed by atoms with E-state index in [0.717, 1.165) is 11.8 Å². The van der Waals surface area contributed by atoms with Crippen molar-refractivity contribution in [3.63, 3.8) is 0 Å². The molecule has 97 heavy (non-hydrogen) atoms. The highest BCUT2D eigenvalue weighted by Gasteiger charge is 2.50. The van der Waals surface area contributed by atoms with Crippen LogP contribution < -0.4 is 0 Å². The van der Waals surface area contributed by atoms with Crippen molar-refractivity contribution in [3.8, 4) is 0 Å². The van der Waals surface area contributed by atoms with E-state index in [1.54, 1.807) is 16.7 Å². The van der Waals surface area contributed by atoms with Crippen molar-refractivity contribution in [1.29, 1.82) is 0 Å². The molecule has 2 aliphatic carbocycles. The SMILES string of the molecule is CCCCCCCCCCCCCC[C@@](C)(CCC(C)(C)CCCCCCCCCCC(CCCCC)C(C)c1ccc2c(c1)CCC1C(C)(C)CCCC21C)C[C@](C)(CCCCCCCCCCCC)CC[C@](C)(CCCCCCCCCC)CC(C)(C)CCCCCCCC. The van der Waals surface area contributed by atoms with Gasteiger partial charge in [0.05, 0.1) is 0 Å². The fourth-order valence-corrected chi connectivity index (χ4v) is 20.8. The molecule has 3 rings (SSSR count). The molecule has 0 amide bonds. The minimum Gasteiger partial charge on any atom is -0.0654 e. The highest BCUT2D eigenvalue weighted by Crippen LogP contribution is 2.58. The first-order chi connectivity index (χ1) is 46.5. The molecule has 0 N–H and O–H groups in total. The van der Waals surface area contributed by atoms with Gasteiger partial charge in [-0.25, -0.2) is 0 Å². The van der Waals surface area contributed by atoms with E-state index in [0.29, 0.717) is 43.8 Å². The number of benzene rings is 1. The van der Waals surface area contributed by atoms with Crippen LogP contribution in [-0.2, 0) is 11.8 Å². The Morgan fingerprint density at radius 2 is 0.670 bits per heavy atom. The van der Waals surface area contributed by atoms with Crippen LogP contribution >= 0.6 is 0 Å². The summed E-state index contributed by atoms with van der Waals surface area (Å²) in [6, 6.07) is 7.96. The van der Waals surface area contributed by atoms with Crippen LogP contribution in [0.1, 0.15) is 544 Å². The summed E-state index contributed by atoms with van der Waals surface area (Å²) in [6.45, 7) is 41.6. The summed E-state index contributed by atoms with van der Waals surface area (Å²) in [5, 5.41) is 0. The highest BCUT2D eigenvalue weighted by atomic mass is 14.5.